The van der Waals surface area contributed by atoms with E-state index in [1.54, 1.807) is 0 Å². The molecule has 0 bridgehead atoms. The summed E-state index contributed by atoms with van der Waals surface area (Å²) >= 11 is 17.5. The normalized spacial score (nSPS) is 14.3. The third kappa shape index (κ3) is 2.97. The highest BCUT2D eigenvalue weighted by atomic mass is 35.5. The van der Waals surface area contributed by atoms with Gasteiger partial charge in [-0.3, -0.25) is 14.9 Å². The fraction of sp³-hybridized carbons (Fsp3) is 0.0833. The second kappa shape index (κ2) is 5.93. The highest BCUT2D eigenvalue weighted by Crippen LogP contribution is 2.35. The van der Waals surface area contributed by atoms with E-state index in [-0.39, 0.29) is 26.5 Å². The molecule has 3 amide bonds. The van der Waals surface area contributed by atoms with Gasteiger partial charge in [0.15, 0.2) is 0 Å². The van der Waals surface area contributed by atoms with Crippen LogP contribution >= 0.6 is 34.8 Å². The number of hydrogen-bond acceptors (Lipinski definition) is 4. The van der Waals surface area contributed by atoms with E-state index < -0.39 is 17.9 Å². The van der Waals surface area contributed by atoms with E-state index >= 15 is 0 Å². The van der Waals surface area contributed by atoms with Crippen molar-refractivity contribution in [1.29, 1.82) is 0 Å². The molecular formula is C12H7Cl3N2O4. The van der Waals surface area contributed by atoms with E-state index in [0.717, 1.165) is 18.1 Å². The summed E-state index contributed by atoms with van der Waals surface area (Å²) in [6.45, 7) is 0. The zero-order valence-corrected chi connectivity index (χ0v) is 12.7. The molecule has 0 unspecified atom stereocenters. The Bertz CT molecular complexity index is 664. The third-order valence-electron chi connectivity index (χ3n) is 2.57. The number of amides is 3. The first-order valence-electron chi connectivity index (χ1n) is 5.44. The molecular weight excluding hydrogens is 343 g/mol. The molecule has 0 aromatic heterocycles. The Kier molecular flexibility index (Phi) is 4.41. The molecule has 2 rings (SSSR count). The number of methoxy groups -OCH3 is 1. The smallest absolute Gasteiger partial charge is 0.411 e. The molecule has 9 heteroatoms. The number of carbonyl (C=O) groups is 3. The lowest BCUT2D eigenvalue weighted by Gasteiger charge is -2.16. The first-order chi connectivity index (χ1) is 9.85. The molecule has 0 aliphatic carbocycles. The van der Waals surface area contributed by atoms with E-state index in [1.165, 1.54) is 12.1 Å². The molecule has 0 atom stereocenters. The van der Waals surface area contributed by atoms with Crippen LogP contribution in [0, 0.1) is 0 Å². The van der Waals surface area contributed by atoms with Crippen LogP contribution in [0.2, 0.25) is 15.1 Å². The summed E-state index contributed by atoms with van der Waals surface area (Å²) in [4.78, 5) is 35.9. The second-order valence-corrected chi connectivity index (χ2v) is 5.07. The Morgan fingerprint density at radius 2 is 1.76 bits per heavy atom. The minimum absolute atomic E-state index is 0.0918. The van der Waals surface area contributed by atoms with Crippen LogP contribution in [0.25, 0.3) is 0 Å². The van der Waals surface area contributed by atoms with Crippen LogP contribution in [0.15, 0.2) is 23.9 Å². The number of benzene rings is 1. The van der Waals surface area contributed by atoms with Gasteiger partial charge in [0, 0.05) is 6.08 Å². The summed E-state index contributed by atoms with van der Waals surface area (Å²) in [7, 11) is 1.13. The first kappa shape index (κ1) is 15.6. The molecule has 21 heavy (non-hydrogen) atoms. The fourth-order valence-corrected chi connectivity index (χ4v) is 2.22. The van der Waals surface area contributed by atoms with E-state index in [9.17, 15) is 14.4 Å². The first-order valence-corrected chi connectivity index (χ1v) is 6.58. The zero-order valence-electron chi connectivity index (χ0n) is 10.4. The Morgan fingerprint density at radius 3 is 2.29 bits per heavy atom. The molecule has 0 fully saturated rings. The third-order valence-corrected chi connectivity index (χ3v) is 3.77. The largest absolute Gasteiger partial charge is 0.453 e. The molecule has 0 radical (unpaired) electrons. The average Bonchev–Trinajstić information content (AvgIpc) is 2.70. The highest BCUT2D eigenvalue weighted by Gasteiger charge is 2.34. The van der Waals surface area contributed by atoms with Gasteiger partial charge >= 0.3 is 6.09 Å². The zero-order chi connectivity index (χ0) is 15.7. The average molecular weight is 350 g/mol. The fourth-order valence-electron chi connectivity index (χ4n) is 1.64. The molecule has 1 aromatic carbocycles. The van der Waals surface area contributed by atoms with Crippen LogP contribution in [0.5, 0.6) is 0 Å². The number of hydrogen-bond donors (Lipinski definition) is 1. The van der Waals surface area contributed by atoms with Crippen molar-refractivity contribution in [3.63, 3.8) is 0 Å². The predicted molar refractivity (Wildman–Crippen MR) is 77.6 cm³/mol. The van der Waals surface area contributed by atoms with Crippen LogP contribution in [0.1, 0.15) is 0 Å². The summed E-state index contributed by atoms with van der Waals surface area (Å²) in [6, 6.07) is 2.64. The van der Waals surface area contributed by atoms with Gasteiger partial charge in [-0.2, -0.15) is 0 Å². The van der Waals surface area contributed by atoms with Crippen molar-refractivity contribution in [2.45, 2.75) is 0 Å². The maximum absolute atomic E-state index is 12.1. The lowest BCUT2D eigenvalue weighted by atomic mass is 10.3. The Morgan fingerprint density at radius 1 is 1.19 bits per heavy atom. The number of nitrogens with zero attached hydrogens (tertiary/aromatic N) is 1. The van der Waals surface area contributed by atoms with Crippen LogP contribution < -0.4 is 10.2 Å². The van der Waals surface area contributed by atoms with Crippen LogP contribution in [0.3, 0.4) is 0 Å². The van der Waals surface area contributed by atoms with Crippen molar-refractivity contribution < 1.29 is 19.1 Å². The summed E-state index contributed by atoms with van der Waals surface area (Å²) in [5.74, 6) is -1.39. The topological polar surface area (TPSA) is 75.7 Å². The molecule has 1 aliphatic rings. The highest BCUT2D eigenvalue weighted by molar-refractivity contribution is 6.48. The van der Waals surface area contributed by atoms with Gasteiger partial charge in [0.1, 0.15) is 5.70 Å². The molecule has 1 aromatic rings. The van der Waals surface area contributed by atoms with E-state index in [4.69, 9.17) is 34.8 Å². The van der Waals surface area contributed by atoms with Gasteiger partial charge in [0.2, 0.25) is 0 Å². The van der Waals surface area contributed by atoms with Gasteiger partial charge in [-0.25, -0.2) is 9.69 Å². The van der Waals surface area contributed by atoms with E-state index in [0.29, 0.717) is 0 Å². The van der Waals surface area contributed by atoms with Gasteiger partial charge in [0.25, 0.3) is 11.8 Å². The summed E-state index contributed by atoms with van der Waals surface area (Å²) in [5.41, 5.74) is -0.0728. The number of alkyl carbamates (subject to hydrolysis) is 1. The Balaban J connectivity index is 2.33. The maximum atomic E-state index is 12.1. The molecule has 110 valence electrons. The molecule has 0 saturated carbocycles. The Hall–Kier alpha value is -1.76. The van der Waals surface area contributed by atoms with Crippen molar-refractivity contribution >= 4 is 58.4 Å². The lowest BCUT2D eigenvalue weighted by molar-refractivity contribution is -0.120. The number of halogens is 3. The van der Waals surface area contributed by atoms with Crippen molar-refractivity contribution in [3.8, 4) is 0 Å². The SMILES string of the molecule is COC(=O)NC1=CC(=O)N(c2cc(Cl)c(Cl)c(Cl)c2)C1=O. The summed E-state index contributed by atoms with van der Waals surface area (Å²) in [5, 5.41) is 2.44. The van der Waals surface area contributed by atoms with Gasteiger partial charge in [0.05, 0.1) is 27.9 Å². The standard InChI is InChI=1S/C12H7Cl3N2O4/c1-21-12(20)16-8-4-9(18)17(11(8)19)5-2-6(13)10(15)7(14)3-5/h2-4H,1H3,(H,16,20). The molecule has 0 saturated heterocycles. The van der Waals surface area contributed by atoms with Crippen LogP contribution in [-0.4, -0.2) is 25.0 Å². The molecule has 1 N–H and O–H groups in total. The summed E-state index contributed by atoms with van der Waals surface area (Å²) < 4.78 is 4.36. The molecule has 6 nitrogen and oxygen atoms in total. The summed E-state index contributed by atoms with van der Waals surface area (Å²) in [6.07, 6.45) is 0.104. The lowest BCUT2D eigenvalue weighted by Crippen LogP contribution is -2.35. The van der Waals surface area contributed by atoms with Crippen molar-refractivity contribution in [2.24, 2.45) is 0 Å². The number of rotatable bonds is 2. The molecule has 1 heterocycles. The quantitative estimate of drug-likeness (QED) is 0.658. The molecule has 1 aliphatic heterocycles. The predicted octanol–water partition coefficient (Wildman–Crippen LogP) is 2.76. The van der Waals surface area contributed by atoms with Crippen LogP contribution in [0.4, 0.5) is 10.5 Å². The Labute approximate surface area is 134 Å². The number of carbonyl (C=O) groups excluding carboxylic acids is 3. The monoisotopic (exact) mass is 348 g/mol. The van der Waals surface area contributed by atoms with Crippen LogP contribution in [-0.2, 0) is 14.3 Å². The minimum atomic E-state index is -0.864. The van der Waals surface area contributed by atoms with Crippen molar-refractivity contribution in [1.82, 2.24) is 5.32 Å². The second-order valence-electron chi connectivity index (χ2n) is 3.88. The van der Waals surface area contributed by atoms with Crippen molar-refractivity contribution in [2.75, 3.05) is 12.0 Å². The molecule has 0 spiro atoms. The van der Waals surface area contributed by atoms with Gasteiger partial charge in [-0.15, -0.1) is 0 Å². The van der Waals surface area contributed by atoms with Gasteiger partial charge in [-0.05, 0) is 12.1 Å². The van der Waals surface area contributed by atoms with Crippen molar-refractivity contribution in [3.05, 3.63) is 39.0 Å². The minimum Gasteiger partial charge on any atom is -0.453 e. The van der Waals surface area contributed by atoms with Gasteiger partial charge < -0.3 is 4.74 Å². The van der Waals surface area contributed by atoms with E-state index in [2.05, 4.69) is 10.1 Å². The van der Waals surface area contributed by atoms with Gasteiger partial charge in [-0.1, -0.05) is 34.8 Å². The number of nitrogens with one attached hydrogen (secondary N) is 1. The number of ether oxygens (including phenoxy) is 1. The van der Waals surface area contributed by atoms with E-state index in [1.807, 2.05) is 0 Å². The number of imide groups is 1. The maximum Gasteiger partial charge on any atom is 0.411 e. The number of anilines is 1.